The van der Waals surface area contributed by atoms with Gasteiger partial charge < -0.3 is 44.9 Å². The van der Waals surface area contributed by atoms with Crippen LogP contribution in [0, 0.1) is 0 Å². The third kappa shape index (κ3) is 9.69. The van der Waals surface area contributed by atoms with E-state index < -0.39 is 56.4 Å². The second-order valence-corrected chi connectivity index (χ2v) is 4.50. The second kappa shape index (κ2) is 13.0. The predicted octanol–water partition coefficient (Wildman–Crippen LogP) is -5.36. The molecule has 24 heavy (non-hydrogen) atoms. The highest BCUT2D eigenvalue weighted by Gasteiger charge is 2.28. The van der Waals surface area contributed by atoms with E-state index in [0.29, 0.717) is 0 Å². The van der Waals surface area contributed by atoms with Crippen LogP contribution in [0.3, 0.4) is 0 Å². The molecule has 0 fully saturated rings. The Labute approximate surface area is 138 Å². The van der Waals surface area contributed by atoms with Gasteiger partial charge in [0.15, 0.2) is 11.4 Å². The Morgan fingerprint density at radius 2 is 1.21 bits per heavy atom. The molecule has 0 rings (SSSR count). The van der Waals surface area contributed by atoms with Crippen molar-refractivity contribution >= 4 is 11.9 Å². The maximum absolute atomic E-state index is 10.1. The normalized spacial score (nSPS) is 11.6. The van der Waals surface area contributed by atoms with Crippen LogP contribution in [0.1, 0.15) is 0 Å². The summed E-state index contributed by atoms with van der Waals surface area (Å²) < 4.78 is 9.40. The minimum Gasteiger partial charge on any atom is -0.549 e. The summed E-state index contributed by atoms with van der Waals surface area (Å²) >= 11 is 0. The van der Waals surface area contributed by atoms with Gasteiger partial charge in [-0.05, 0) is 0 Å². The Hall–Kier alpha value is -1.38. The van der Waals surface area contributed by atoms with E-state index in [9.17, 15) is 14.7 Å². The van der Waals surface area contributed by atoms with E-state index >= 15 is 0 Å². The summed E-state index contributed by atoms with van der Waals surface area (Å²) in [6.45, 7) is -2.90. The van der Waals surface area contributed by atoms with E-state index in [2.05, 4.69) is 15.4 Å². The lowest BCUT2D eigenvalue weighted by Gasteiger charge is -2.29. The SMILES string of the molecule is COC(CO)(CO)NCC(=O)O.COC(CO)(CO)NCC(=O)[O-]. The van der Waals surface area contributed by atoms with Crippen LogP contribution in [0.25, 0.3) is 0 Å². The van der Waals surface area contributed by atoms with Gasteiger partial charge in [-0.15, -0.1) is 0 Å². The molecule has 0 saturated heterocycles. The summed E-state index contributed by atoms with van der Waals surface area (Å²) in [4.78, 5) is 20.1. The molecule has 0 spiro atoms. The van der Waals surface area contributed by atoms with Crippen molar-refractivity contribution in [3.63, 3.8) is 0 Å². The van der Waals surface area contributed by atoms with E-state index in [1.807, 2.05) is 0 Å². The van der Waals surface area contributed by atoms with Crippen LogP contribution in [0.5, 0.6) is 0 Å². The van der Waals surface area contributed by atoms with Crippen LogP contribution in [0.15, 0.2) is 0 Å². The summed E-state index contributed by atoms with van der Waals surface area (Å²) in [7, 11) is 2.51. The fourth-order valence-corrected chi connectivity index (χ4v) is 1.20. The number of carboxylic acid groups (broad SMARTS) is 2. The number of carbonyl (C=O) groups is 2. The number of methoxy groups -OCH3 is 2. The van der Waals surface area contributed by atoms with Gasteiger partial charge in [-0.3, -0.25) is 15.4 Å². The number of carbonyl (C=O) groups excluding carboxylic acids is 1. The first-order valence-corrected chi connectivity index (χ1v) is 6.65. The Morgan fingerprint density at radius 1 is 0.875 bits per heavy atom. The molecule has 0 bridgehead atoms. The van der Waals surface area contributed by atoms with Gasteiger partial charge >= 0.3 is 5.97 Å². The molecule has 0 aliphatic heterocycles. The Balaban J connectivity index is 0. The molecule has 0 aromatic heterocycles. The fourth-order valence-electron chi connectivity index (χ4n) is 1.20. The van der Waals surface area contributed by atoms with Gasteiger partial charge in [-0.1, -0.05) is 0 Å². The van der Waals surface area contributed by atoms with Crippen molar-refractivity contribution in [2.75, 3.05) is 53.7 Å². The van der Waals surface area contributed by atoms with Crippen LogP contribution in [-0.4, -0.2) is 103 Å². The number of hydrogen-bond acceptors (Lipinski definition) is 11. The molecule has 0 amide bonds. The molecule has 7 N–H and O–H groups in total. The third-order valence-electron chi connectivity index (χ3n) is 2.92. The molecule has 0 heterocycles. The van der Waals surface area contributed by atoms with Crippen LogP contribution >= 0.6 is 0 Å². The molecule has 144 valence electrons. The summed E-state index contributed by atoms with van der Waals surface area (Å²) in [5.41, 5.74) is -2.77. The third-order valence-corrected chi connectivity index (χ3v) is 2.92. The molecule has 12 heteroatoms. The molecule has 0 aromatic carbocycles. The second-order valence-electron chi connectivity index (χ2n) is 4.50. The number of aliphatic hydroxyl groups excluding tert-OH is 4. The summed E-state index contributed by atoms with van der Waals surface area (Å²) in [5, 5.41) is 57.9. The maximum atomic E-state index is 10.1. The van der Waals surface area contributed by atoms with E-state index in [1.165, 1.54) is 14.2 Å². The minimum absolute atomic E-state index is 0.380. The minimum atomic E-state index is -1.40. The molecule has 0 aromatic rings. The van der Waals surface area contributed by atoms with E-state index in [4.69, 9.17) is 30.3 Å². The molecular formula is C12H25N2O10-. The monoisotopic (exact) mass is 357 g/mol. The van der Waals surface area contributed by atoms with Gasteiger partial charge in [0.25, 0.3) is 0 Å². The quantitative estimate of drug-likeness (QED) is 0.164. The summed E-state index contributed by atoms with van der Waals surface area (Å²) in [6.07, 6.45) is 0. The maximum Gasteiger partial charge on any atom is 0.317 e. The number of carboxylic acids is 2. The Bertz CT molecular complexity index is 307. The number of ether oxygens (including phenoxy) is 2. The molecule has 0 radical (unpaired) electrons. The van der Waals surface area contributed by atoms with Gasteiger partial charge in [0.1, 0.15) is 0 Å². The van der Waals surface area contributed by atoms with Crippen LogP contribution in [-0.2, 0) is 19.1 Å². The highest BCUT2D eigenvalue weighted by Crippen LogP contribution is 2.02. The molecule has 0 atom stereocenters. The standard InChI is InChI=1S/2C6H13NO5/c2*1-12-6(3-8,4-9)7-2-5(10)11/h2*7-9H,2-4H2,1H3,(H,10,11)/p-1. The number of aliphatic hydroxyl groups is 4. The van der Waals surface area contributed by atoms with Crippen molar-refractivity contribution in [3.05, 3.63) is 0 Å². The van der Waals surface area contributed by atoms with E-state index in [1.54, 1.807) is 0 Å². The smallest absolute Gasteiger partial charge is 0.317 e. The Kier molecular flexibility index (Phi) is 13.4. The Morgan fingerprint density at radius 3 is 1.42 bits per heavy atom. The zero-order valence-electron chi connectivity index (χ0n) is 13.5. The van der Waals surface area contributed by atoms with Crippen LogP contribution in [0.4, 0.5) is 0 Å². The zero-order chi connectivity index (χ0) is 19.2. The van der Waals surface area contributed by atoms with Crippen molar-refractivity contribution < 1.29 is 49.7 Å². The lowest BCUT2D eigenvalue weighted by Crippen LogP contribution is -2.56. The largest absolute Gasteiger partial charge is 0.549 e. The molecule has 12 nitrogen and oxygen atoms in total. The summed E-state index contributed by atoms with van der Waals surface area (Å²) in [5.74, 6) is -2.42. The van der Waals surface area contributed by atoms with Crippen molar-refractivity contribution in [1.82, 2.24) is 10.6 Å². The highest BCUT2D eigenvalue weighted by atomic mass is 16.5. The first-order chi connectivity index (χ1) is 11.2. The number of nitrogens with one attached hydrogen (secondary N) is 2. The lowest BCUT2D eigenvalue weighted by molar-refractivity contribution is -0.305. The molecule has 0 aliphatic carbocycles. The highest BCUT2D eigenvalue weighted by molar-refractivity contribution is 5.69. The topological polar surface area (TPSA) is 201 Å². The van der Waals surface area contributed by atoms with Crippen LogP contribution in [0.2, 0.25) is 0 Å². The van der Waals surface area contributed by atoms with Crippen molar-refractivity contribution in [2.24, 2.45) is 0 Å². The number of aliphatic carboxylic acids is 2. The number of hydrogen-bond donors (Lipinski definition) is 7. The summed E-state index contributed by atoms with van der Waals surface area (Å²) in [6, 6.07) is 0. The first-order valence-electron chi connectivity index (χ1n) is 6.65. The van der Waals surface area contributed by atoms with E-state index in [-0.39, 0.29) is 6.54 Å². The molecule has 0 saturated carbocycles. The molecule has 0 aliphatic rings. The average molecular weight is 357 g/mol. The van der Waals surface area contributed by atoms with Crippen molar-refractivity contribution in [1.29, 1.82) is 0 Å². The fraction of sp³-hybridized carbons (Fsp3) is 0.833. The van der Waals surface area contributed by atoms with Gasteiger partial charge in [-0.2, -0.15) is 0 Å². The van der Waals surface area contributed by atoms with Crippen molar-refractivity contribution in [2.45, 2.75) is 11.4 Å². The van der Waals surface area contributed by atoms with Gasteiger partial charge in [0, 0.05) is 20.8 Å². The van der Waals surface area contributed by atoms with Gasteiger partial charge in [0.2, 0.25) is 0 Å². The van der Waals surface area contributed by atoms with Gasteiger partial charge in [0.05, 0.1) is 38.9 Å². The predicted molar refractivity (Wildman–Crippen MR) is 76.5 cm³/mol. The first kappa shape index (κ1) is 24.9. The molecule has 0 unspecified atom stereocenters. The average Bonchev–Trinajstić information content (AvgIpc) is 2.59. The number of rotatable bonds is 12. The molecular weight excluding hydrogens is 332 g/mol. The zero-order valence-corrected chi connectivity index (χ0v) is 13.5. The lowest BCUT2D eigenvalue weighted by atomic mass is 10.2. The van der Waals surface area contributed by atoms with Crippen LogP contribution < -0.4 is 15.7 Å². The van der Waals surface area contributed by atoms with Crippen molar-refractivity contribution in [3.8, 4) is 0 Å². The van der Waals surface area contributed by atoms with Gasteiger partial charge in [-0.25, -0.2) is 0 Å². The van der Waals surface area contributed by atoms with E-state index in [0.717, 1.165) is 0 Å².